The normalized spacial score (nSPS) is 12.8. The Hall–Kier alpha value is -3.67. The SMILES string of the molecule is CC/C=C\C/C=C\C/C=C\C/C=C\C/C=C\CCCCCCCCCC(=O)OCC(COC(=O)CCCCCCCCCCCCCCCCC)OC(=O)CCCCCCCCC/C=C\C/C=C\C/C=C\CC. The Bertz CT molecular complexity index is 1440. The fourth-order valence-corrected chi connectivity index (χ4v) is 8.54. The number of unbranched alkanes of at least 4 members (excludes halogenated alkanes) is 28. The summed E-state index contributed by atoms with van der Waals surface area (Å²) in [7, 11) is 0. The van der Waals surface area contributed by atoms with Gasteiger partial charge in [-0.3, -0.25) is 14.4 Å². The van der Waals surface area contributed by atoms with E-state index in [1.807, 2.05) is 0 Å². The Morgan fingerprint density at radius 3 is 0.836 bits per heavy atom. The van der Waals surface area contributed by atoms with E-state index in [2.05, 4.69) is 118 Å². The molecule has 1 unspecified atom stereocenters. The van der Waals surface area contributed by atoms with Crippen LogP contribution in [0.2, 0.25) is 0 Å². The highest BCUT2D eigenvalue weighted by atomic mass is 16.6. The summed E-state index contributed by atoms with van der Waals surface area (Å²) in [5, 5.41) is 0. The minimum atomic E-state index is -0.788. The topological polar surface area (TPSA) is 78.9 Å². The first-order valence-corrected chi connectivity index (χ1v) is 30.7. The second kappa shape index (κ2) is 60.9. The van der Waals surface area contributed by atoms with Crippen LogP contribution in [0.25, 0.3) is 0 Å². The van der Waals surface area contributed by atoms with Crippen LogP contribution in [0, 0.1) is 0 Å². The molecular weight excluding hydrogens is 901 g/mol. The molecule has 0 aliphatic rings. The average Bonchev–Trinajstić information content (AvgIpc) is 3.39. The van der Waals surface area contributed by atoms with Crippen molar-refractivity contribution in [3.8, 4) is 0 Å². The van der Waals surface area contributed by atoms with Crippen molar-refractivity contribution in [1.29, 1.82) is 0 Å². The van der Waals surface area contributed by atoms with E-state index in [4.69, 9.17) is 14.2 Å². The maximum atomic E-state index is 12.9. The molecule has 73 heavy (non-hydrogen) atoms. The second-order valence-corrected chi connectivity index (χ2v) is 20.2. The summed E-state index contributed by atoms with van der Waals surface area (Å²) in [6, 6.07) is 0. The fourth-order valence-electron chi connectivity index (χ4n) is 8.54. The van der Waals surface area contributed by atoms with Crippen LogP contribution in [0.4, 0.5) is 0 Å². The van der Waals surface area contributed by atoms with Gasteiger partial charge in [0.1, 0.15) is 13.2 Å². The van der Waals surface area contributed by atoms with Crippen LogP contribution < -0.4 is 0 Å². The Balaban J connectivity index is 4.39. The lowest BCUT2D eigenvalue weighted by atomic mass is 10.0. The predicted molar refractivity (Wildman–Crippen MR) is 316 cm³/mol. The van der Waals surface area contributed by atoms with E-state index in [9.17, 15) is 14.4 Å². The lowest BCUT2D eigenvalue weighted by Gasteiger charge is -2.18. The number of carbonyl (C=O) groups is 3. The zero-order valence-electron chi connectivity index (χ0n) is 47.9. The van der Waals surface area contributed by atoms with E-state index in [0.717, 1.165) is 122 Å². The first kappa shape index (κ1) is 69.3. The number of rotatable bonds is 55. The van der Waals surface area contributed by atoms with Gasteiger partial charge in [0, 0.05) is 19.3 Å². The van der Waals surface area contributed by atoms with Crippen molar-refractivity contribution in [3.63, 3.8) is 0 Å². The van der Waals surface area contributed by atoms with Crippen LogP contribution in [-0.4, -0.2) is 37.2 Å². The van der Waals surface area contributed by atoms with Gasteiger partial charge in [0.05, 0.1) is 0 Å². The summed E-state index contributed by atoms with van der Waals surface area (Å²) in [5.41, 5.74) is 0. The van der Waals surface area contributed by atoms with Crippen molar-refractivity contribution >= 4 is 17.9 Å². The molecule has 0 heterocycles. The minimum Gasteiger partial charge on any atom is -0.462 e. The zero-order chi connectivity index (χ0) is 52.9. The number of hydrogen-bond donors (Lipinski definition) is 0. The maximum absolute atomic E-state index is 12.9. The zero-order valence-corrected chi connectivity index (χ0v) is 47.9. The van der Waals surface area contributed by atoms with E-state index in [-0.39, 0.29) is 31.1 Å². The minimum absolute atomic E-state index is 0.0831. The van der Waals surface area contributed by atoms with E-state index in [0.29, 0.717) is 19.3 Å². The molecule has 418 valence electrons. The third-order valence-corrected chi connectivity index (χ3v) is 13.1. The summed E-state index contributed by atoms with van der Waals surface area (Å²) >= 11 is 0. The highest BCUT2D eigenvalue weighted by molar-refractivity contribution is 5.71. The van der Waals surface area contributed by atoms with Gasteiger partial charge < -0.3 is 14.2 Å². The van der Waals surface area contributed by atoms with E-state index >= 15 is 0 Å². The van der Waals surface area contributed by atoms with Crippen molar-refractivity contribution in [3.05, 3.63) is 97.2 Å². The number of esters is 3. The van der Waals surface area contributed by atoms with Gasteiger partial charge in [-0.15, -0.1) is 0 Å². The van der Waals surface area contributed by atoms with Gasteiger partial charge in [-0.1, -0.05) is 272 Å². The monoisotopic (exact) mass is 1010 g/mol. The number of ether oxygens (including phenoxy) is 3. The van der Waals surface area contributed by atoms with Gasteiger partial charge >= 0.3 is 17.9 Å². The lowest BCUT2D eigenvalue weighted by molar-refractivity contribution is -0.167. The highest BCUT2D eigenvalue weighted by Gasteiger charge is 2.19. The molecule has 0 aliphatic heterocycles. The Kier molecular flexibility index (Phi) is 57.8. The molecule has 0 aromatic heterocycles. The van der Waals surface area contributed by atoms with E-state index in [1.165, 1.54) is 128 Å². The Morgan fingerprint density at radius 1 is 0.288 bits per heavy atom. The van der Waals surface area contributed by atoms with Gasteiger partial charge in [-0.05, 0) is 96.3 Å². The molecule has 0 saturated heterocycles. The van der Waals surface area contributed by atoms with Gasteiger partial charge in [0.2, 0.25) is 0 Å². The molecule has 0 amide bonds. The van der Waals surface area contributed by atoms with Crippen molar-refractivity contribution in [1.82, 2.24) is 0 Å². The van der Waals surface area contributed by atoms with E-state index < -0.39 is 6.10 Å². The van der Waals surface area contributed by atoms with Crippen LogP contribution >= 0.6 is 0 Å². The molecule has 0 aliphatic carbocycles. The molecule has 0 aromatic carbocycles. The molecule has 6 nitrogen and oxygen atoms in total. The van der Waals surface area contributed by atoms with Crippen LogP contribution in [0.1, 0.15) is 290 Å². The third kappa shape index (κ3) is 59.1. The molecule has 0 radical (unpaired) electrons. The van der Waals surface area contributed by atoms with Crippen molar-refractivity contribution < 1.29 is 28.6 Å². The standard InChI is InChI=1S/C67H114O6/c1-4-7-10-13-16-19-22-25-28-30-31-32-33-34-35-37-39-42-45-48-51-54-57-60-66(69)72-63-64(62-71-65(68)59-56-53-50-47-44-41-38-27-24-21-18-15-12-9-6-3)73-67(70)61-58-55-52-49-46-43-40-36-29-26-23-20-17-14-11-8-5-2/h7-8,10-11,16-17,19-20,25-26,28-29,31-32,34-35,64H,4-6,9,12-15,18,21-24,27,30,33,36-63H2,1-3H3/b10-7-,11-8-,19-16-,20-17-,28-25-,29-26-,32-31-,35-34-. The largest absolute Gasteiger partial charge is 0.462 e. The molecule has 0 fully saturated rings. The first-order valence-electron chi connectivity index (χ1n) is 30.7. The summed E-state index contributed by atoms with van der Waals surface area (Å²) < 4.78 is 16.9. The summed E-state index contributed by atoms with van der Waals surface area (Å²) in [6.07, 6.45) is 81.1. The molecule has 0 bridgehead atoms. The van der Waals surface area contributed by atoms with Gasteiger partial charge in [-0.25, -0.2) is 0 Å². The van der Waals surface area contributed by atoms with Crippen molar-refractivity contribution in [2.24, 2.45) is 0 Å². The number of hydrogen-bond acceptors (Lipinski definition) is 6. The van der Waals surface area contributed by atoms with Crippen molar-refractivity contribution in [2.75, 3.05) is 13.2 Å². The van der Waals surface area contributed by atoms with Crippen LogP contribution in [0.3, 0.4) is 0 Å². The molecule has 0 spiro atoms. The molecule has 0 rings (SSSR count). The lowest BCUT2D eigenvalue weighted by Crippen LogP contribution is -2.30. The number of allylic oxidation sites excluding steroid dienone is 16. The molecule has 1 atom stereocenters. The van der Waals surface area contributed by atoms with E-state index in [1.54, 1.807) is 0 Å². The predicted octanol–water partition coefficient (Wildman–Crippen LogP) is 20.9. The average molecular weight is 1020 g/mol. The highest BCUT2D eigenvalue weighted by Crippen LogP contribution is 2.16. The smallest absolute Gasteiger partial charge is 0.306 e. The van der Waals surface area contributed by atoms with Crippen LogP contribution in [-0.2, 0) is 28.6 Å². The second-order valence-electron chi connectivity index (χ2n) is 20.2. The summed E-state index contributed by atoms with van der Waals surface area (Å²) in [5.74, 6) is -0.895. The Morgan fingerprint density at radius 2 is 0.534 bits per heavy atom. The quantitative estimate of drug-likeness (QED) is 0.0261. The molecule has 6 heteroatoms. The molecular formula is C67H114O6. The van der Waals surface area contributed by atoms with Gasteiger partial charge in [0.15, 0.2) is 6.10 Å². The van der Waals surface area contributed by atoms with Gasteiger partial charge in [0.25, 0.3) is 0 Å². The van der Waals surface area contributed by atoms with Crippen molar-refractivity contribution in [2.45, 2.75) is 297 Å². The molecule has 0 aromatic rings. The summed E-state index contributed by atoms with van der Waals surface area (Å²) in [4.78, 5) is 38.3. The molecule has 0 N–H and O–H groups in total. The molecule has 0 saturated carbocycles. The maximum Gasteiger partial charge on any atom is 0.306 e. The third-order valence-electron chi connectivity index (χ3n) is 13.1. The first-order chi connectivity index (χ1) is 36.0. The van der Waals surface area contributed by atoms with Crippen LogP contribution in [0.5, 0.6) is 0 Å². The van der Waals surface area contributed by atoms with Crippen LogP contribution in [0.15, 0.2) is 97.2 Å². The Labute approximate surface area is 451 Å². The van der Waals surface area contributed by atoms with Gasteiger partial charge in [-0.2, -0.15) is 0 Å². The fraction of sp³-hybridized carbons (Fsp3) is 0.716. The summed E-state index contributed by atoms with van der Waals surface area (Å²) in [6.45, 7) is 6.42. The number of carbonyl (C=O) groups excluding carboxylic acids is 3.